The molecule has 0 atom stereocenters. The smallest absolute Gasteiger partial charge is 0.241 e. The molecule has 0 aliphatic heterocycles. The highest BCUT2D eigenvalue weighted by molar-refractivity contribution is 7.89. The number of aromatic nitrogens is 2. The van der Waals surface area contributed by atoms with E-state index in [-0.39, 0.29) is 4.90 Å². The zero-order valence-electron chi connectivity index (χ0n) is 11.8. The van der Waals surface area contributed by atoms with Crippen LogP contribution in [0.3, 0.4) is 0 Å². The quantitative estimate of drug-likeness (QED) is 0.725. The fourth-order valence-electron chi connectivity index (χ4n) is 2.08. The lowest BCUT2D eigenvalue weighted by Gasteiger charge is -2.07. The minimum Gasteiger partial charge on any atom is -0.382 e. The van der Waals surface area contributed by atoms with Crippen molar-refractivity contribution >= 4 is 10.0 Å². The molecule has 0 radical (unpaired) electrons. The molecule has 1 aromatic heterocycles. The molecule has 0 aromatic carbocycles. The predicted molar refractivity (Wildman–Crippen MR) is 73.5 cm³/mol. The van der Waals surface area contributed by atoms with Gasteiger partial charge in [-0.05, 0) is 26.2 Å². The van der Waals surface area contributed by atoms with Gasteiger partial charge < -0.3 is 4.74 Å². The molecule has 7 heteroatoms. The van der Waals surface area contributed by atoms with Crippen molar-refractivity contribution in [1.82, 2.24) is 9.78 Å². The van der Waals surface area contributed by atoms with E-state index in [1.165, 1.54) is 0 Å². The largest absolute Gasteiger partial charge is 0.382 e. The number of primary sulfonamides is 1. The highest BCUT2D eigenvalue weighted by Gasteiger charge is 2.23. The van der Waals surface area contributed by atoms with Crippen molar-refractivity contribution in [1.29, 1.82) is 0 Å². The van der Waals surface area contributed by atoms with E-state index >= 15 is 0 Å². The Kier molecular flexibility index (Phi) is 5.96. The zero-order valence-corrected chi connectivity index (χ0v) is 12.7. The van der Waals surface area contributed by atoms with E-state index in [0.29, 0.717) is 44.0 Å². The van der Waals surface area contributed by atoms with Crippen molar-refractivity contribution in [2.45, 2.75) is 51.5 Å². The van der Waals surface area contributed by atoms with Crippen molar-refractivity contribution in [2.75, 3.05) is 13.2 Å². The van der Waals surface area contributed by atoms with Crippen LogP contribution < -0.4 is 5.14 Å². The minimum absolute atomic E-state index is 0.203. The first-order chi connectivity index (χ1) is 8.95. The number of hydrogen-bond acceptors (Lipinski definition) is 4. The molecule has 1 heterocycles. The van der Waals surface area contributed by atoms with E-state index in [1.807, 2.05) is 20.8 Å². The Morgan fingerprint density at radius 1 is 1.26 bits per heavy atom. The highest BCUT2D eigenvalue weighted by atomic mass is 32.2. The van der Waals surface area contributed by atoms with E-state index in [9.17, 15) is 8.42 Å². The average molecular weight is 289 g/mol. The molecule has 110 valence electrons. The molecule has 0 unspecified atom stereocenters. The summed E-state index contributed by atoms with van der Waals surface area (Å²) in [5.41, 5.74) is 1.24. The summed E-state index contributed by atoms with van der Waals surface area (Å²) in [6, 6.07) is 0. The van der Waals surface area contributed by atoms with Gasteiger partial charge in [0.2, 0.25) is 10.0 Å². The highest BCUT2D eigenvalue weighted by Crippen LogP contribution is 2.20. The normalized spacial score (nSPS) is 12.0. The third kappa shape index (κ3) is 4.02. The van der Waals surface area contributed by atoms with Gasteiger partial charge >= 0.3 is 0 Å². The molecular formula is C12H23N3O3S. The van der Waals surface area contributed by atoms with Gasteiger partial charge in [0.15, 0.2) is 0 Å². The van der Waals surface area contributed by atoms with Gasteiger partial charge in [-0.2, -0.15) is 5.10 Å². The molecular weight excluding hydrogens is 266 g/mol. The summed E-state index contributed by atoms with van der Waals surface area (Å²) in [4.78, 5) is 0.203. The van der Waals surface area contributed by atoms with Gasteiger partial charge in [-0.3, -0.25) is 4.68 Å². The molecule has 0 saturated carbocycles. The van der Waals surface area contributed by atoms with Crippen LogP contribution in [0, 0.1) is 0 Å². The van der Waals surface area contributed by atoms with Crippen LogP contribution in [-0.4, -0.2) is 31.4 Å². The fraction of sp³-hybridized carbons (Fsp3) is 0.750. The van der Waals surface area contributed by atoms with Gasteiger partial charge in [-0.15, -0.1) is 0 Å². The fourth-order valence-corrected chi connectivity index (χ4v) is 3.18. The lowest BCUT2D eigenvalue weighted by Crippen LogP contribution is -2.16. The maximum Gasteiger partial charge on any atom is 0.241 e. The summed E-state index contributed by atoms with van der Waals surface area (Å²) < 4.78 is 30.4. The number of nitrogens with zero attached hydrogens (tertiary/aromatic N) is 2. The van der Waals surface area contributed by atoms with Gasteiger partial charge in [0.05, 0.1) is 11.4 Å². The molecule has 0 spiro atoms. The van der Waals surface area contributed by atoms with Crippen molar-refractivity contribution < 1.29 is 13.2 Å². The predicted octanol–water partition coefficient (Wildman–Crippen LogP) is 1.08. The number of rotatable bonds is 8. The Morgan fingerprint density at radius 2 is 1.95 bits per heavy atom. The summed E-state index contributed by atoms with van der Waals surface area (Å²) in [6.45, 7) is 7.70. The van der Waals surface area contributed by atoms with Crippen LogP contribution in [0.15, 0.2) is 4.90 Å². The lowest BCUT2D eigenvalue weighted by atomic mass is 10.2. The molecule has 0 fully saturated rings. The molecule has 0 aliphatic carbocycles. The van der Waals surface area contributed by atoms with E-state index in [1.54, 1.807) is 4.68 Å². The second-order valence-corrected chi connectivity index (χ2v) is 5.75. The number of aryl methyl sites for hydroxylation is 2. The Hall–Kier alpha value is -0.920. The molecule has 1 rings (SSSR count). The van der Waals surface area contributed by atoms with E-state index in [2.05, 4.69) is 5.10 Å². The van der Waals surface area contributed by atoms with Crippen LogP contribution in [0.25, 0.3) is 0 Å². The summed E-state index contributed by atoms with van der Waals surface area (Å²) >= 11 is 0. The van der Waals surface area contributed by atoms with E-state index in [4.69, 9.17) is 9.88 Å². The molecule has 1 aromatic rings. The first-order valence-corrected chi connectivity index (χ1v) is 8.19. The van der Waals surface area contributed by atoms with E-state index in [0.717, 1.165) is 6.42 Å². The second kappa shape index (κ2) is 7.02. The standard InChI is InChI=1S/C12H23N3O3S/c1-4-10-12(19(13,16)17)11(5-2)15(14-10)8-7-9-18-6-3/h4-9H2,1-3H3,(H2,13,16,17). The topological polar surface area (TPSA) is 87.2 Å². The number of nitrogens with two attached hydrogens (primary N) is 1. The van der Waals surface area contributed by atoms with Crippen molar-refractivity contribution in [3.8, 4) is 0 Å². The zero-order chi connectivity index (χ0) is 14.5. The maximum absolute atomic E-state index is 11.7. The van der Waals surface area contributed by atoms with Crippen LogP contribution in [0.5, 0.6) is 0 Å². The summed E-state index contributed by atoms with van der Waals surface area (Å²) in [5.74, 6) is 0. The lowest BCUT2D eigenvalue weighted by molar-refractivity contribution is 0.140. The molecule has 6 nitrogen and oxygen atoms in total. The van der Waals surface area contributed by atoms with Gasteiger partial charge in [-0.25, -0.2) is 13.6 Å². The number of sulfonamides is 1. The molecule has 0 saturated heterocycles. The monoisotopic (exact) mass is 289 g/mol. The van der Waals surface area contributed by atoms with E-state index < -0.39 is 10.0 Å². The first kappa shape index (κ1) is 16.1. The minimum atomic E-state index is -3.72. The van der Waals surface area contributed by atoms with Crippen LogP contribution in [0.4, 0.5) is 0 Å². The molecule has 19 heavy (non-hydrogen) atoms. The number of ether oxygens (including phenoxy) is 1. The summed E-state index contributed by atoms with van der Waals surface area (Å²) in [7, 11) is -3.72. The van der Waals surface area contributed by atoms with Crippen LogP contribution in [-0.2, 0) is 34.1 Å². The third-order valence-electron chi connectivity index (χ3n) is 2.89. The Bertz CT molecular complexity index is 509. The molecule has 2 N–H and O–H groups in total. The Morgan fingerprint density at radius 3 is 2.42 bits per heavy atom. The second-order valence-electron chi connectivity index (χ2n) is 4.25. The molecule has 0 aliphatic rings. The Balaban J connectivity index is 3.03. The molecule has 0 bridgehead atoms. The van der Waals surface area contributed by atoms with Gasteiger partial charge in [-0.1, -0.05) is 13.8 Å². The van der Waals surface area contributed by atoms with Crippen molar-refractivity contribution in [3.05, 3.63) is 11.4 Å². The van der Waals surface area contributed by atoms with Gasteiger partial charge in [0.25, 0.3) is 0 Å². The summed E-state index contributed by atoms with van der Waals surface area (Å²) in [6.07, 6.45) is 1.94. The third-order valence-corrected chi connectivity index (χ3v) is 3.93. The van der Waals surface area contributed by atoms with Crippen LogP contribution in [0.1, 0.15) is 38.6 Å². The summed E-state index contributed by atoms with van der Waals surface area (Å²) in [5, 5.41) is 9.66. The van der Waals surface area contributed by atoms with Crippen molar-refractivity contribution in [3.63, 3.8) is 0 Å². The average Bonchev–Trinajstić information content (AvgIpc) is 2.72. The van der Waals surface area contributed by atoms with Gasteiger partial charge in [0, 0.05) is 19.8 Å². The SMILES string of the molecule is CCOCCCn1nc(CC)c(S(N)(=O)=O)c1CC. The molecule has 0 amide bonds. The van der Waals surface area contributed by atoms with Gasteiger partial charge in [0.1, 0.15) is 4.90 Å². The maximum atomic E-state index is 11.7. The Labute approximate surface area is 115 Å². The number of hydrogen-bond donors (Lipinski definition) is 1. The van der Waals surface area contributed by atoms with Crippen LogP contribution in [0.2, 0.25) is 0 Å². The van der Waals surface area contributed by atoms with Crippen molar-refractivity contribution in [2.24, 2.45) is 5.14 Å². The van der Waals surface area contributed by atoms with Crippen LogP contribution >= 0.6 is 0 Å². The first-order valence-electron chi connectivity index (χ1n) is 6.64.